The number of anilines is 1. The van der Waals surface area contributed by atoms with Crippen LogP contribution >= 0.6 is 0 Å². The lowest BCUT2D eigenvalue weighted by atomic mass is 9.95. The standard InChI is InChI=1S/C17H27N3O/c1-2-3-7-12-18-17(21)16-11-10-15(13-19-16)20-14-8-5-4-6-9-14/h10-11,13-14,20H,2-9,12H2,1H3,(H,18,21). The molecule has 2 N–H and O–H groups in total. The van der Waals surface area contributed by atoms with Gasteiger partial charge in [-0.15, -0.1) is 0 Å². The quantitative estimate of drug-likeness (QED) is 0.752. The van der Waals surface area contributed by atoms with Gasteiger partial charge in [-0.25, -0.2) is 4.98 Å². The van der Waals surface area contributed by atoms with Crippen LogP contribution in [0.5, 0.6) is 0 Å². The Labute approximate surface area is 127 Å². The summed E-state index contributed by atoms with van der Waals surface area (Å²) in [7, 11) is 0. The molecule has 1 heterocycles. The van der Waals surface area contributed by atoms with E-state index in [1.807, 2.05) is 6.07 Å². The van der Waals surface area contributed by atoms with Gasteiger partial charge in [-0.1, -0.05) is 39.0 Å². The van der Waals surface area contributed by atoms with E-state index in [-0.39, 0.29) is 5.91 Å². The summed E-state index contributed by atoms with van der Waals surface area (Å²) in [5.41, 5.74) is 1.52. The minimum Gasteiger partial charge on any atom is -0.381 e. The van der Waals surface area contributed by atoms with Gasteiger partial charge < -0.3 is 10.6 Å². The maximum atomic E-state index is 11.9. The highest BCUT2D eigenvalue weighted by Crippen LogP contribution is 2.21. The Hall–Kier alpha value is -1.58. The number of rotatable bonds is 7. The average Bonchev–Trinajstić information content (AvgIpc) is 2.53. The molecule has 116 valence electrons. The molecule has 1 aliphatic carbocycles. The van der Waals surface area contributed by atoms with E-state index in [1.54, 1.807) is 12.3 Å². The maximum Gasteiger partial charge on any atom is 0.269 e. The Morgan fingerprint density at radius 2 is 2.05 bits per heavy atom. The summed E-state index contributed by atoms with van der Waals surface area (Å²) in [6, 6.07) is 4.33. The van der Waals surface area contributed by atoms with Gasteiger partial charge in [-0.2, -0.15) is 0 Å². The van der Waals surface area contributed by atoms with Crippen LogP contribution < -0.4 is 10.6 Å². The van der Waals surface area contributed by atoms with Crippen molar-refractivity contribution in [3.63, 3.8) is 0 Å². The molecule has 0 unspecified atom stereocenters. The fourth-order valence-electron chi connectivity index (χ4n) is 2.76. The molecule has 0 saturated heterocycles. The van der Waals surface area contributed by atoms with Crippen LogP contribution in [0, 0.1) is 0 Å². The minimum absolute atomic E-state index is 0.0738. The zero-order chi connectivity index (χ0) is 14.9. The largest absolute Gasteiger partial charge is 0.381 e. The van der Waals surface area contributed by atoms with Crippen molar-refractivity contribution in [2.45, 2.75) is 64.3 Å². The van der Waals surface area contributed by atoms with Crippen LogP contribution in [0.15, 0.2) is 18.3 Å². The molecule has 0 aliphatic heterocycles. The van der Waals surface area contributed by atoms with Gasteiger partial charge >= 0.3 is 0 Å². The average molecular weight is 289 g/mol. The minimum atomic E-state index is -0.0738. The van der Waals surface area contributed by atoms with E-state index in [1.165, 1.54) is 32.1 Å². The van der Waals surface area contributed by atoms with Crippen LogP contribution in [0.25, 0.3) is 0 Å². The normalized spacial score (nSPS) is 15.7. The second-order valence-electron chi connectivity index (χ2n) is 5.87. The molecule has 1 aliphatic rings. The van der Waals surface area contributed by atoms with Crippen LogP contribution in [0.2, 0.25) is 0 Å². The maximum absolute atomic E-state index is 11.9. The van der Waals surface area contributed by atoms with E-state index >= 15 is 0 Å². The van der Waals surface area contributed by atoms with Crippen LogP contribution in [0.1, 0.15) is 68.8 Å². The van der Waals surface area contributed by atoms with E-state index in [4.69, 9.17) is 0 Å². The van der Waals surface area contributed by atoms with E-state index < -0.39 is 0 Å². The number of carbonyl (C=O) groups excluding carboxylic acids is 1. The molecule has 4 heteroatoms. The number of hydrogen-bond donors (Lipinski definition) is 2. The number of nitrogens with zero attached hydrogens (tertiary/aromatic N) is 1. The summed E-state index contributed by atoms with van der Waals surface area (Å²) < 4.78 is 0. The van der Waals surface area contributed by atoms with Gasteiger partial charge in [-0.05, 0) is 31.4 Å². The first-order valence-corrected chi connectivity index (χ1v) is 8.30. The second kappa shape index (κ2) is 8.65. The summed E-state index contributed by atoms with van der Waals surface area (Å²) in [6.07, 6.45) is 11.6. The van der Waals surface area contributed by atoms with Crippen molar-refractivity contribution in [1.29, 1.82) is 0 Å². The monoisotopic (exact) mass is 289 g/mol. The first-order valence-electron chi connectivity index (χ1n) is 8.30. The van der Waals surface area contributed by atoms with Gasteiger partial charge in [0.1, 0.15) is 5.69 Å². The zero-order valence-corrected chi connectivity index (χ0v) is 13.0. The Morgan fingerprint density at radius 1 is 1.24 bits per heavy atom. The second-order valence-corrected chi connectivity index (χ2v) is 5.87. The van der Waals surface area contributed by atoms with Crippen molar-refractivity contribution < 1.29 is 4.79 Å². The van der Waals surface area contributed by atoms with E-state index in [0.29, 0.717) is 11.7 Å². The van der Waals surface area contributed by atoms with Gasteiger partial charge in [-0.3, -0.25) is 4.79 Å². The Kier molecular flexibility index (Phi) is 6.51. The van der Waals surface area contributed by atoms with Crippen molar-refractivity contribution >= 4 is 11.6 Å². The topological polar surface area (TPSA) is 54.0 Å². The highest BCUT2D eigenvalue weighted by Gasteiger charge is 2.13. The number of amides is 1. The molecule has 2 rings (SSSR count). The van der Waals surface area contributed by atoms with Crippen molar-refractivity contribution in [2.24, 2.45) is 0 Å². The molecular formula is C17H27N3O. The van der Waals surface area contributed by atoms with Crippen molar-refractivity contribution in [1.82, 2.24) is 10.3 Å². The Bertz CT molecular complexity index is 424. The first-order chi connectivity index (χ1) is 10.3. The predicted octanol–water partition coefficient (Wildman–Crippen LogP) is 3.75. The van der Waals surface area contributed by atoms with Crippen LogP contribution in [-0.2, 0) is 0 Å². The summed E-state index contributed by atoms with van der Waals surface area (Å²) in [5.74, 6) is -0.0738. The molecule has 0 radical (unpaired) electrons. The third kappa shape index (κ3) is 5.37. The number of unbranched alkanes of at least 4 members (excludes halogenated alkanes) is 2. The fraction of sp³-hybridized carbons (Fsp3) is 0.647. The van der Waals surface area contributed by atoms with Gasteiger partial charge in [0, 0.05) is 12.6 Å². The molecular weight excluding hydrogens is 262 g/mol. The molecule has 0 bridgehead atoms. The molecule has 0 aromatic carbocycles. The molecule has 0 spiro atoms. The van der Waals surface area contributed by atoms with Crippen LogP contribution in [0.3, 0.4) is 0 Å². The Balaban J connectivity index is 1.79. The molecule has 1 aromatic rings. The number of carbonyl (C=O) groups is 1. The molecule has 0 atom stereocenters. The lowest BCUT2D eigenvalue weighted by Crippen LogP contribution is -2.25. The molecule has 21 heavy (non-hydrogen) atoms. The molecule has 1 aromatic heterocycles. The zero-order valence-electron chi connectivity index (χ0n) is 13.0. The van der Waals surface area contributed by atoms with Crippen LogP contribution in [-0.4, -0.2) is 23.5 Å². The van der Waals surface area contributed by atoms with E-state index in [2.05, 4.69) is 22.5 Å². The number of nitrogens with one attached hydrogen (secondary N) is 2. The molecule has 1 saturated carbocycles. The fourth-order valence-corrected chi connectivity index (χ4v) is 2.76. The molecule has 4 nitrogen and oxygen atoms in total. The van der Waals surface area contributed by atoms with Gasteiger partial charge in [0.05, 0.1) is 11.9 Å². The number of aromatic nitrogens is 1. The summed E-state index contributed by atoms with van der Waals surface area (Å²) >= 11 is 0. The Morgan fingerprint density at radius 3 is 2.71 bits per heavy atom. The van der Waals surface area contributed by atoms with Crippen molar-refractivity contribution in [2.75, 3.05) is 11.9 Å². The third-order valence-corrected chi connectivity index (χ3v) is 4.04. The molecule has 1 amide bonds. The van der Waals surface area contributed by atoms with E-state index in [9.17, 15) is 4.79 Å². The number of hydrogen-bond acceptors (Lipinski definition) is 3. The third-order valence-electron chi connectivity index (χ3n) is 4.04. The van der Waals surface area contributed by atoms with Crippen molar-refractivity contribution in [3.8, 4) is 0 Å². The predicted molar refractivity (Wildman–Crippen MR) is 86.6 cm³/mol. The highest BCUT2D eigenvalue weighted by molar-refractivity contribution is 5.92. The summed E-state index contributed by atoms with van der Waals surface area (Å²) in [5, 5.41) is 6.43. The molecule has 1 fully saturated rings. The van der Waals surface area contributed by atoms with Crippen LogP contribution in [0.4, 0.5) is 5.69 Å². The first kappa shape index (κ1) is 15.8. The summed E-state index contributed by atoms with van der Waals surface area (Å²) in [4.78, 5) is 16.2. The van der Waals surface area contributed by atoms with Gasteiger partial charge in [0.25, 0.3) is 5.91 Å². The smallest absolute Gasteiger partial charge is 0.269 e. The van der Waals surface area contributed by atoms with Gasteiger partial charge in [0.15, 0.2) is 0 Å². The van der Waals surface area contributed by atoms with E-state index in [0.717, 1.165) is 31.5 Å². The number of pyridine rings is 1. The van der Waals surface area contributed by atoms with Crippen molar-refractivity contribution in [3.05, 3.63) is 24.0 Å². The van der Waals surface area contributed by atoms with Gasteiger partial charge in [0.2, 0.25) is 0 Å². The lowest BCUT2D eigenvalue weighted by Gasteiger charge is -2.23. The highest BCUT2D eigenvalue weighted by atomic mass is 16.1. The SMILES string of the molecule is CCCCCNC(=O)c1ccc(NC2CCCCC2)cn1. The lowest BCUT2D eigenvalue weighted by molar-refractivity contribution is 0.0948. The summed E-state index contributed by atoms with van der Waals surface area (Å²) in [6.45, 7) is 2.89.